The summed E-state index contributed by atoms with van der Waals surface area (Å²) in [5, 5.41) is 1.28. The van der Waals surface area contributed by atoms with Gasteiger partial charge in [0.1, 0.15) is 11.4 Å². The molecule has 162 valence electrons. The van der Waals surface area contributed by atoms with E-state index in [4.69, 9.17) is 9.47 Å². The van der Waals surface area contributed by atoms with Gasteiger partial charge in [0.2, 0.25) is 0 Å². The van der Waals surface area contributed by atoms with Gasteiger partial charge < -0.3 is 14.5 Å². The van der Waals surface area contributed by atoms with E-state index in [1.165, 1.54) is 27.7 Å². The van der Waals surface area contributed by atoms with E-state index in [0.29, 0.717) is 5.76 Å². The third-order valence-electron chi connectivity index (χ3n) is 7.71. The van der Waals surface area contributed by atoms with Crippen LogP contribution >= 0.6 is 0 Å². The van der Waals surface area contributed by atoms with Gasteiger partial charge in [0.25, 0.3) is 0 Å². The fourth-order valence-electron chi connectivity index (χ4n) is 5.81. The zero-order valence-corrected chi connectivity index (χ0v) is 18.8. The van der Waals surface area contributed by atoms with Crippen LogP contribution in [0.15, 0.2) is 55.1 Å². The summed E-state index contributed by atoms with van der Waals surface area (Å²) >= 11 is 0. The molecular formula is C27H32N2O2. The van der Waals surface area contributed by atoms with Crippen LogP contribution in [0.25, 0.3) is 16.7 Å². The molecule has 5 rings (SSSR count). The van der Waals surface area contributed by atoms with E-state index < -0.39 is 0 Å². The lowest BCUT2D eigenvalue weighted by Gasteiger charge is -2.50. The molecule has 2 aliphatic rings. The monoisotopic (exact) mass is 416 g/mol. The molecule has 1 spiro atoms. The van der Waals surface area contributed by atoms with Gasteiger partial charge in [-0.15, -0.1) is 0 Å². The highest BCUT2D eigenvalue weighted by atomic mass is 16.5. The van der Waals surface area contributed by atoms with Gasteiger partial charge in [-0.1, -0.05) is 36.9 Å². The minimum absolute atomic E-state index is 0.0584. The minimum atomic E-state index is -0.223. The molecule has 2 aromatic carbocycles. The molecule has 0 amide bonds. The molecule has 1 N–H and O–H groups in total. The van der Waals surface area contributed by atoms with Crippen LogP contribution < -0.4 is 0 Å². The molecule has 2 heterocycles. The Kier molecular flexibility index (Phi) is 4.95. The normalized spacial score (nSPS) is 25.7. The first-order valence-corrected chi connectivity index (χ1v) is 11.2. The molecule has 0 atom stereocenters. The van der Waals surface area contributed by atoms with Crippen molar-refractivity contribution in [1.82, 2.24) is 9.88 Å². The first kappa shape index (κ1) is 20.3. The Morgan fingerprint density at radius 1 is 1.06 bits per heavy atom. The van der Waals surface area contributed by atoms with E-state index in [9.17, 15) is 0 Å². The van der Waals surface area contributed by atoms with Crippen LogP contribution in [0.5, 0.6) is 0 Å². The Hall–Kier alpha value is -2.56. The van der Waals surface area contributed by atoms with Gasteiger partial charge in [-0.05, 0) is 75.5 Å². The van der Waals surface area contributed by atoms with Gasteiger partial charge >= 0.3 is 0 Å². The largest absolute Gasteiger partial charge is 0.497 e. The number of ether oxygens (including phenoxy) is 2. The van der Waals surface area contributed by atoms with E-state index >= 15 is 0 Å². The minimum Gasteiger partial charge on any atom is -0.497 e. The number of fused-ring (bicyclic) bond motifs is 4. The number of nitrogens with one attached hydrogen (secondary N) is 1. The number of benzene rings is 2. The van der Waals surface area contributed by atoms with Gasteiger partial charge in [-0.25, -0.2) is 0 Å². The maximum Gasteiger partial charge on any atom is 0.118 e. The highest BCUT2D eigenvalue weighted by Gasteiger charge is 2.49. The lowest BCUT2D eigenvalue weighted by Crippen LogP contribution is -2.50. The molecule has 4 nitrogen and oxygen atoms in total. The number of methoxy groups -OCH3 is 1. The second-order valence-corrected chi connectivity index (χ2v) is 9.25. The second-order valence-electron chi connectivity index (χ2n) is 9.25. The molecule has 3 aromatic rings. The zero-order valence-electron chi connectivity index (χ0n) is 18.8. The number of aromatic amines is 1. The first-order valence-electron chi connectivity index (χ1n) is 11.2. The van der Waals surface area contributed by atoms with Crippen molar-refractivity contribution in [2.24, 2.45) is 0 Å². The number of hydrogen-bond donors (Lipinski definition) is 1. The summed E-state index contributed by atoms with van der Waals surface area (Å²) in [6, 6.07) is 17.4. The van der Waals surface area contributed by atoms with Crippen LogP contribution in [-0.2, 0) is 27.0 Å². The first-order chi connectivity index (χ1) is 15.0. The summed E-state index contributed by atoms with van der Waals surface area (Å²) < 4.78 is 11.9. The molecule has 31 heavy (non-hydrogen) atoms. The molecule has 0 saturated heterocycles. The number of nitrogens with zero attached hydrogens (tertiary/aromatic N) is 1. The van der Waals surface area contributed by atoms with Crippen LogP contribution in [0.2, 0.25) is 0 Å². The van der Waals surface area contributed by atoms with Gasteiger partial charge in [-0.3, -0.25) is 4.90 Å². The Bertz CT molecular complexity index is 1100. The molecule has 1 aliphatic heterocycles. The summed E-state index contributed by atoms with van der Waals surface area (Å²) in [5.41, 5.74) is 6.15. The van der Waals surface area contributed by atoms with Crippen molar-refractivity contribution < 1.29 is 9.47 Å². The smallest absolute Gasteiger partial charge is 0.118 e. The maximum atomic E-state index is 6.58. The van der Waals surface area contributed by atoms with E-state index in [-0.39, 0.29) is 11.1 Å². The zero-order chi connectivity index (χ0) is 21.6. The number of H-pyrrole nitrogens is 1. The van der Waals surface area contributed by atoms with E-state index in [1.807, 2.05) is 0 Å². The van der Waals surface area contributed by atoms with Crippen LogP contribution in [0.3, 0.4) is 0 Å². The van der Waals surface area contributed by atoms with E-state index in [1.54, 1.807) is 7.11 Å². The predicted octanol–water partition coefficient (Wildman–Crippen LogP) is 5.58. The summed E-state index contributed by atoms with van der Waals surface area (Å²) in [6.45, 7) is 4.80. The SMILES string of the molecule is C=C(OC)c1ccc2[nH]c3c(c2c1)CCOC31CCC(c2ccccc2)(N(C)C)CC1. The Labute approximate surface area is 184 Å². The summed E-state index contributed by atoms with van der Waals surface area (Å²) in [5.74, 6) is 0.704. The molecule has 0 bridgehead atoms. The van der Waals surface area contributed by atoms with Gasteiger partial charge in [0, 0.05) is 22.0 Å². The molecular weight excluding hydrogens is 384 g/mol. The predicted molar refractivity (Wildman–Crippen MR) is 126 cm³/mol. The standard InChI is InChI=1S/C27H32N2O2/c1-19(30-4)20-10-11-24-23(18-20)22-12-17-31-27(25(22)28-24)15-13-26(14-16-27,29(2)3)21-8-6-5-7-9-21/h5-11,18,28H,1,12-17H2,2-4H3. The molecule has 1 fully saturated rings. The molecule has 0 unspecified atom stereocenters. The number of aromatic nitrogens is 1. The third kappa shape index (κ3) is 3.12. The molecule has 0 radical (unpaired) electrons. The Morgan fingerprint density at radius 2 is 1.81 bits per heavy atom. The Balaban J connectivity index is 1.53. The van der Waals surface area contributed by atoms with Crippen molar-refractivity contribution in [3.8, 4) is 0 Å². The maximum absolute atomic E-state index is 6.58. The van der Waals surface area contributed by atoms with Crippen molar-refractivity contribution in [2.75, 3.05) is 27.8 Å². The van der Waals surface area contributed by atoms with Gasteiger partial charge in [0.15, 0.2) is 0 Å². The average Bonchev–Trinajstić information content (AvgIpc) is 3.19. The lowest BCUT2D eigenvalue weighted by molar-refractivity contribution is -0.113. The topological polar surface area (TPSA) is 37.5 Å². The lowest BCUT2D eigenvalue weighted by atomic mass is 9.68. The quantitative estimate of drug-likeness (QED) is 0.564. The molecule has 4 heteroatoms. The Morgan fingerprint density at radius 3 is 2.48 bits per heavy atom. The fourth-order valence-corrected chi connectivity index (χ4v) is 5.81. The summed E-state index contributed by atoms with van der Waals surface area (Å²) in [7, 11) is 6.10. The molecule has 1 saturated carbocycles. The fraction of sp³-hybridized carbons (Fsp3) is 0.407. The highest BCUT2D eigenvalue weighted by Crippen LogP contribution is 2.52. The van der Waals surface area contributed by atoms with Crippen LogP contribution in [-0.4, -0.2) is 37.7 Å². The van der Waals surface area contributed by atoms with Crippen molar-refractivity contribution in [1.29, 1.82) is 0 Å². The summed E-state index contributed by atoms with van der Waals surface area (Å²) in [4.78, 5) is 6.16. The van der Waals surface area contributed by atoms with E-state index in [2.05, 4.69) is 79.1 Å². The van der Waals surface area contributed by atoms with E-state index in [0.717, 1.165) is 44.3 Å². The van der Waals surface area contributed by atoms with Crippen molar-refractivity contribution in [3.63, 3.8) is 0 Å². The molecule has 1 aromatic heterocycles. The highest BCUT2D eigenvalue weighted by molar-refractivity contribution is 5.88. The van der Waals surface area contributed by atoms with Crippen LogP contribution in [0, 0.1) is 0 Å². The van der Waals surface area contributed by atoms with Gasteiger partial charge in [0.05, 0.1) is 19.4 Å². The average molecular weight is 417 g/mol. The summed E-state index contributed by atoms with van der Waals surface area (Å²) in [6.07, 6.45) is 5.11. The number of hydrogen-bond acceptors (Lipinski definition) is 3. The van der Waals surface area contributed by atoms with Crippen molar-refractivity contribution in [3.05, 3.63) is 77.5 Å². The van der Waals surface area contributed by atoms with Gasteiger partial charge in [-0.2, -0.15) is 0 Å². The van der Waals surface area contributed by atoms with Crippen LogP contribution in [0.4, 0.5) is 0 Å². The van der Waals surface area contributed by atoms with Crippen molar-refractivity contribution in [2.45, 2.75) is 43.2 Å². The van der Waals surface area contributed by atoms with Crippen molar-refractivity contribution >= 4 is 16.7 Å². The second kappa shape index (κ2) is 7.54. The molecule has 1 aliphatic carbocycles. The third-order valence-corrected chi connectivity index (χ3v) is 7.71. The number of rotatable bonds is 4. The van der Waals surface area contributed by atoms with Crippen LogP contribution in [0.1, 0.15) is 48.1 Å².